The molecule has 7 heteroatoms. The predicted molar refractivity (Wildman–Crippen MR) is 93.4 cm³/mol. The Morgan fingerprint density at radius 3 is 2.83 bits per heavy atom. The molecule has 0 bridgehead atoms. The largest absolute Gasteiger partial charge is 0.347 e. The first-order valence-electron chi connectivity index (χ1n) is 8.01. The van der Waals surface area contributed by atoms with Crippen molar-refractivity contribution in [3.63, 3.8) is 0 Å². The number of halogens is 1. The van der Waals surface area contributed by atoms with Gasteiger partial charge >= 0.3 is 0 Å². The number of rotatable bonds is 4. The van der Waals surface area contributed by atoms with Crippen LogP contribution >= 0.6 is 12.4 Å². The molecule has 0 radical (unpaired) electrons. The third kappa shape index (κ3) is 4.13. The Balaban J connectivity index is 0.00000208. The second-order valence-electron chi connectivity index (χ2n) is 6.40. The Hall–Kier alpha value is -1.92. The zero-order chi connectivity index (χ0) is 16.3. The van der Waals surface area contributed by atoms with Crippen molar-refractivity contribution >= 4 is 18.3 Å². The molecule has 1 aromatic carbocycles. The summed E-state index contributed by atoms with van der Waals surface area (Å²) < 4.78 is 5.20. The topological polar surface area (TPSA) is 94.0 Å². The highest BCUT2D eigenvalue weighted by Gasteiger charge is 2.37. The van der Waals surface area contributed by atoms with Gasteiger partial charge in [-0.2, -0.15) is 4.98 Å². The molecule has 1 heterocycles. The van der Waals surface area contributed by atoms with Crippen molar-refractivity contribution in [2.45, 2.75) is 44.7 Å². The molecule has 0 spiro atoms. The lowest BCUT2D eigenvalue weighted by Crippen LogP contribution is -2.52. The van der Waals surface area contributed by atoms with Crippen molar-refractivity contribution in [2.75, 3.05) is 0 Å². The summed E-state index contributed by atoms with van der Waals surface area (Å²) in [4.78, 5) is 16.7. The van der Waals surface area contributed by atoms with E-state index in [1.54, 1.807) is 0 Å². The van der Waals surface area contributed by atoms with Gasteiger partial charge in [-0.1, -0.05) is 48.3 Å². The minimum absolute atomic E-state index is 0. The van der Waals surface area contributed by atoms with Gasteiger partial charge in [-0.05, 0) is 19.8 Å². The normalized spacial score (nSPS) is 23.3. The van der Waals surface area contributed by atoms with E-state index in [0.29, 0.717) is 11.7 Å². The van der Waals surface area contributed by atoms with Gasteiger partial charge in [0.25, 0.3) is 0 Å². The third-order valence-corrected chi connectivity index (χ3v) is 4.48. The molecule has 1 aliphatic carbocycles. The van der Waals surface area contributed by atoms with E-state index in [1.165, 1.54) is 0 Å². The molecule has 1 aromatic heterocycles. The van der Waals surface area contributed by atoms with Crippen LogP contribution < -0.4 is 11.1 Å². The Morgan fingerprint density at radius 2 is 2.12 bits per heavy atom. The van der Waals surface area contributed by atoms with Crippen LogP contribution in [-0.4, -0.2) is 21.6 Å². The number of aromatic nitrogens is 2. The first kappa shape index (κ1) is 18.4. The number of carbonyl (C=O) groups excluding carboxylic acids is 1. The van der Waals surface area contributed by atoms with Gasteiger partial charge < -0.3 is 15.6 Å². The number of amides is 1. The number of nitrogens with two attached hydrogens (primary N) is 1. The van der Waals surface area contributed by atoms with E-state index in [9.17, 15) is 4.79 Å². The number of hydrogen-bond acceptors (Lipinski definition) is 5. The second-order valence-corrected chi connectivity index (χ2v) is 6.40. The van der Waals surface area contributed by atoms with Crippen molar-refractivity contribution in [2.24, 2.45) is 11.7 Å². The maximum Gasteiger partial charge on any atom is 0.246 e. The highest BCUT2D eigenvalue weighted by atomic mass is 35.5. The van der Waals surface area contributed by atoms with Gasteiger partial charge in [-0.25, -0.2) is 0 Å². The zero-order valence-electron chi connectivity index (χ0n) is 13.7. The lowest BCUT2D eigenvalue weighted by molar-refractivity contribution is -0.128. The monoisotopic (exact) mass is 350 g/mol. The number of carbonyl (C=O) groups is 1. The molecule has 24 heavy (non-hydrogen) atoms. The van der Waals surface area contributed by atoms with Gasteiger partial charge in [0.2, 0.25) is 17.6 Å². The number of nitrogens with one attached hydrogen (secondary N) is 1. The van der Waals surface area contributed by atoms with Crippen LogP contribution in [0, 0.1) is 5.92 Å². The highest BCUT2D eigenvalue weighted by Crippen LogP contribution is 2.31. The average molecular weight is 351 g/mol. The van der Waals surface area contributed by atoms with Crippen molar-refractivity contribution in [3.8, 4) is 11.4 Å². The maximum absolute atomic E-state index is 12.4. The fourth-order valence-electron chi connectivity index (χ4n) is 3.11. The zero-order valence-corrected chi connectivity index (χ0v) is 14.5. The molecule has 1 fully saturated rings. The van der Waals surface area contributed by atoms with Gasteiger partial charge in [0.1, 0.15) is 0 Å². The molecule has 3 N–H and O–H groups in total. The maximum atomic E-state index is 12.4. The summed E-state index contributed by atoms with van der Waals surface area (Å²) in [5, 5.41) is 6.82. The molecule has 0 aliphatic heterocycles. The van der Waals surface area contributed by atoms with Crippen LogP contribution in [0.4, 0.5) is 0 Å². The lowest BCUT2D eigenvalue weighted by Gasteiger charge is -2.37. The molecule has 3 rings (SSSR count). The Labute approximate surface area is 147 Å². The summed E-state index contributed by atoms with van der Waals surface area (Å²) in [6.45, 7) is 2.18. The van der Waals surface area contributed by atoms with Gasteiger partial charge in [-0.3, -0.25) is 4.79 Å². The van der Waals surface area contributed by atoms with Gasteiger partial charge in [0.05, 0.1) is 12.5 Å². The van der Waals surface area contributed by atoms with Crippen LogP contribution in [0.25, 0.3) is 11.4 Å². The molecule has 0 saturated heterocycles. The van der Waals surface area contributed by atoms with Crippen LogP contribution in [0.2, 0.25) is 0 Å². The number of nitrogens with zero attached hydrogens (tertiary/aromatic N) is 2. The van der Waals surface area contributed by atoms with Crippen molar-refractivity contribution in [1.82, 2.24) is 15.5 Å². The molecule has 6 nitrogen and oxygen atoms in total. The first-order valence-corrected chi connectivity index (χ1v) is 8.01. The summed E-state index contributed by atoms with van der Waals surface area (Å²) in [5.74, 6) is 0.727. The van der Waals surface area contributed by atoms with Gasteiger partial charge in [0, 0.05) is 11.1 Å². The summed E-state index contributed by atoms with van der Waals surface area (Å²) in [6.07, 6.45) is 3.84. The SMILES string of the molecule is CC1(N)CCCCC1C(=O)NCc1nc(-c2ccccc2)no1.Cl. The van der Waals surface area contributed by atoms with Crippen LogP contribution in [0.5, 0.6) is 0 Å². The number of benzene rings is 1. The second kappa shape index (κ2) is 7.77. The molecule has 2 aromatic rings. The first-order chi connectivity index (χ1) is 11.1. The summed E-state index contributed by atoms with van der Waals surface area (Å²) in [5.41, 5.74) is 6.71. The minimum Gasteiger partial charge on any atom is -0.347 e. The molecule has 2 atom stereocenters. The van der Waals surface area contributed by atoms with E-state index >= 15 is 0 Å². The van der Waals surface area contributed by atoms with Crippen molar-refractivity contribution in [3.05, 3.63) is 36.2 Å². The fourth-order valence-corrected chi connectivity index (χ4v) is 3.11. The molecular formula is C17H23ClN4O2. The van der Waals surface area contributed by atoms with Crippen LogP contribution in [0.1, 0.15) is 38.5 Å². The van der Waals surface area contributed by atoms with E-state index in [2.05, 4.69) is 15.5 Å². The minimum atomic E-state index is -0.438. The van der Waals surface area contributed by atoms with Crippen molar-refractivity contribution < 1.29 is 9.32 Å². The molecule has 1 aliphatic rings. The van der Waals surface area contributed by atoms with Gasteiger partial charge in [-0.15, -0.1) is 12.4 Å². The van der Waals surface area contributed by atoms with E-state index in [1.807, 2.05) is 37.3 Å². The quantitative estimate of drug-likeness (QED) is 0.884. The summed E-state index contributed by atoms with van der Waals surface area (Å²) in [7, 11) is 0. The molecule has 1 amide bonds. The fraction of sp³-hybridized carbons (Fsp3) is 0.471. The summed E-state index contributed by atoms with van der Waals surface area (Å²) >= 11 is 0. The Bertz CT molecular complexity index is 672. The van der Waals surface area contributed by atoms with E-state index < -0.39 is 5.54 Å². The number of hydrogen-bond donors (Lipinski definition) is 2. The van der Waals surface area contributed by atoms with E-state index in [-0.39, 0.29) is 30.8 Å². The summed E-state index contributed by atoms with van der Waals surface area (Å²) in [6, 6.07) is 9.58. The Kier molecular flexibility index (Phi) is 5.96. The molecular weight excluding hydrogens is 328 g/mol. The van der Waals surface area contributed by atoms with E-state index in [4.69, 9.17) is 10.3 Å². The standard InChI is InChI=1S/C17H22N4O2.ClH/c1-17(18)10-6-5-9-13(17)16(22)19-11-14-20-15(21-23-14)12-7-3-2-4-8-12;/h2-4,7-8,13H,5-6,9-11,18H2,1H3,(H,19,22);1H. The van der Waals surface area contributed by atoms with E-state index in [0.717, 1.165) is 31.2 Å². The van der Waals surface area contributed by atoms with Crippen LogP contribution in [0.3, 0.4) is 0 Å². The van der Waals surface area contributed by atoms with Gasteiger partial charge in [0.15, 0.2) is 0 Å². The lowest BCUT2D eigenvalue weighted by atomic mass is 9.74. The van der Waals surface area contributed by atoms with Crippen LogP contribution in [0.15, 0.2) is 34.9 Å². The predicted octanol–water partition coefficient (Wildman–Crippen LogP) is 2.68. The smallest absolute Gasteiger partial charge is 0.246 e. The Morgan fingerprint density at radius 1 is 1.38 bits per heavy atom. The van der Waals surface area contributed by atoms with Crippen molar-refractivity contribution in [1.29, 1.82) is 0 Å². The molecule has 2 unspecified atom stereocenters. The highest BCUT2D eigenvalue weighted by molar-refractivity contribution is 5.85. The average Bonchev–Trinajstić information content (AvgIpc) is 3.02. The third-order valence-electron chi connectivity index (χ3n) is 4.48. The molecule has 1 saturated carbocycles. The molecule has 130 valence electrons. The van der Waals surface area contributed by atoms with Crippen LogP contribution in [-0.2, 0) is 11.3 Å².